The molecule has 3 nitrogen and oxygen atoms in total. The zero-order valence-electron chi connectivity index (χ0n) is 11.3. The molecule has 3 rings (SSSR count). The molecule has 2 aliphatic heterocycles. The van der Waals surface area contributed by atoms with Crippen LogP contribution in [-0.2, 0) is 4.74 Å². The van der Waals surface area contributed by atoms with E-state index in [1.807, 2.05) is 4.90 Å². The summed E-state index contributed by atoms with van der Waals surface area (Å²) in [7, 11) is 1.69. The Morgan fingerprint density at radius 1 is 1.20 bits per heavy atom. The molecule has 5 heteroatoms. The molecule has 20 heavy (non-hydrogen) atoms. The molecule has 1 amide bonds. The molecular weight excluding hydrogens is 264 g/mol. The lowest BCUT2D eigenvalue weighted by atomic mass is 9.98. The summed E-state index contributed by atoms with van der Waals surface area (Å²) in [6.45, 7) is 0. The first-order valence-corrected chi connectivity index (χ1v) is 6.90. The summed E-state index contributed by atoms with van der Waals surface area (Å²) in [4.78, 5) is 14.4. The zero-order chi connectivity index (χ0) is 14.3. The van der Waals surface area contributed by atoms with Crippen LogP contribution < -0.4 is 0 Å². The standard InChI is InChI=1S/C15H17F2NO2/c1-20-12-7-10-3-4-11(8-12)18(10)15(19)9-2-5-13(16)14(17)6-9/h2,5-6,10-12H,3-4,7-8H2,1H3. The second-order valence-electron chi connectivity index (χ2n) is 5.56. The number of methoxy groups -OCH3 is 1. The predicted molar refractivity (Wildman–Crippen MR) is 69.4 cm³/mol. The molecule has 0 N–H and O–H groups in total. The second kappa shape index (κ2) is 5.13. The van der Waals surface area contributed by atoms with Gasteiger partial charge in [0.05, 0.1) is 6.10 Å². The van der Waals surface area contributed by atoms with Crippen molar-refractivity contribution >= 4 is 5.91 Å². The highest BCUT2D eigenvalue weighted by molar-refractivity contribution is 5.95. The molecule has 2 atom stereocenters. The van der Waals surface area contributed by atoms with Gasteiger partial charge in [-0.3, -0.25) is 4.79 Å². The Balaban J connectivity index is 1.83. The maximum absolute atomic E-state index is 13.3. The fourth-order valence-corrected chi connectivity index (χ4v) is 3.43. The summed E-state index contributed by atoms with van der Waals surface area (Å²) >= 11 is 0. The number of benzene rings is 1. The van der Waals surface area contributed by atoms with Crippen LogP contribution in [0.1, 0.15) is 36.0 Å². The van der Waals surface area contributed by atoms with Crippen LogP contribution in [0.4, 0.5) is 8.78 Å². The summed E-state index contributed by atoms with van der Waals surface area (Å²) in [6, 6.07) is 3.65. The van der Waals surface area contributed by atoms with Crippen molar-refractivity contribution in [3.8, 4) is 0 Å². The predicted octanol–water partition coefficient (Wildman–Crippen LogP) is 2.75. The summed E-state index contributed by atoms with van der Waals surface area (Å²) in [5.74, 6) is -2.11. The zero-order valence-corrected chi connectivity index (χ0v) is 11.3. The number of fused-ring (bicyclic) bond motifs is 2. The molecule has 108 valence electrons. The summed E-state index contributed by atoms with van der Waals surface area (Å²) < 4.78 is 31.6. The first-order valence-electron chi connectivity index (χ1n) is 6.90. The van der Waals surface area contributed by atoms with Crippen molar-refractivity contribution in [1.82, 2.24) is 4.90 Å². The van der Waals surface area contributed by atoms with E-state index < -0.39 is 11.6 Å². The van der Waals surface area contributed by atoms with Crippen LogP contribution in [0.25, 0.3) is 0 Å². The number of hydrogen-bond acceptors (Lipinski definition) is 2. The number of halogens is 2. The van der Waals surface area contributed by atoms with Crippen molar-refractivity contribution in [3.05, 3.63) is 35.4 Å². The number of carbonyl (C=O) groups is 1. The van der Waals surface area contributed by atoms with Gasteiger partial charge in [0, 0.05) is 24.8 Å². The van der Waals surface area contributed by atoms with Gasteiger partial charge in [-0.1, -0.05) is 0 Å². The Kier molecular flexibility index (Phi) is 3.46. The molecular formula is C15H17F2NO2. The number of carbonyl (C=O) groups excluding carboxylic acids is 1. The van der Waals surface area contributed by atoms with Crippen molar-refractivity contribution in [2.75, 3.05) is 7.11 Å². The Hall–Kier alpha value is -1.49. The van der Waals surface area contributed by atoms with Crippen molar-refractivity contribution in [2.24, 2.45) is 0 Å². The molecule has 0 aromatic heterocycles. The van der Waals surface area contributed by atoms with Crippen LogP contribution in [0.2, 0.25) is 0 Å². The lowest BCUT2D eigenvalue weighted by Crippen LogP contribution is -2.48. The van der Waals surface area contributed by atoms with Crippen molar-refractivity contribution < 1.29 is 18.3 Å². The van der Waals surface area contributed by atoms with Crippen LogP contribution in [0.5, 0.6) is 0 Å². The molecule has 0 saturated carbocycles. The van der Waals surface area contributed by atoms with E-state index >= 15 is 0 Å². The van der Waals surface area contributed by atoms with Crippen LogP contribution in [-0.4, -0.2) is 36.1 Å². The largest absolute Gasteiger partial charge is 0.381 e. The SMILES string of the molecule is COC1CC2CCC(C1)N2C(=O)c1ccc(F)c(F)c1. The van der Waals surface area contributed by atoms with Crippen LogP contribution in [0.3, 0.4) is 0 Å². The van der Waals surface area contributed by atoms with Crippen molar-refractivity contribution in [1.29, 1.82) is 0 Å². The third kappa shape index (κ3) is 2.20. The van der Waals surface area contributed by atoms with E-state index in [2.05, 4.69) is 0 Å². The highest BCUT2D eigenvalue weighted by Gasteiger charge is 2.43. The number of amides is 1. The highest BCUT2D eigenvalue weighted by Crippen LogP contribution is 2.37. The first-order chi connectivity index (χ1) is 9.60. The summed E-state index contributed by atoms with van der Waals surface area (Å²) in [5, 5.41) is 0. The van der Waals surface area contributed by atoms with Crippen LogP contribution >= 0.6 is 0 Å². The summed E-state index contributed by atoms with van der Waals surface area (Å²) in [6.07, 6.45) is 3.76. The van der Waals surface area contributed by atoms with E-state index in [1.165, 1.54) is 6.07 Å². The number of hydrogen-bond donors (Lipinski definition) is 0. The Labute approximate surface area is 116 Å². The van der Waals surface area contributed by atoms with E-state index in [-0.39, 0.29) is 29.7 Å². The second-order valence-corrected chi connectivity index (χ2v) is 5.56. The lowest BCUT2D eigenvalue weighted by molar-refractivity contribution is 0.00820. The number of rotatable bonds is 2. The maximum Gasteiger partial charge on any atom is 0.254 e. The third-order valence-electron chi connectivity index (χ3n) is 4.42. The van der Waals surface area contributed by atoms with E-state index in [0.29, 0.717) is 0 Å². The molecule has 2 heterocycles. The molecule has 2 bridgehead atoms. The number of ether oxygens (including phenoxy) is 1. The lowest BCUT2D eigenvalue weighted by Gasteiger charge is -2.38. The minimum Gasteiger partial charge on any atom is -0.381 e. The molecule has 0 aliphatic carbocycles. The number of nitrogens with zero attached hydrogens (tertiary/aromatic N) is 1. The Bertz CT molecular complexity index is 521. The van der Waals surface area contributed by atoms with Gasteiger partial charge in [-0.15, -0.1) is 0 Å². The van der Waals surface area contributed by atoms with E-state index in [0.717, 1.165) is 37.8 Å². The fraction of sp³-hybridized carbons (Fsp3) is 0.533. The highest BCUT2D eigenvalue weighted by atomic mass is 19.2. The third-order valence-corrected chi connectivity index (χ3v) is 4.42. The first kappa shape index (κ1) is 13.5. The van der Waals surface area contributed by atoms with Gasteiger partial charge in [-0.05, 0) is 43.9 Å². The molecule has 1 aromatic carbocycles. The molecule has 2 unspecified atom stereocenters. The van der Waals surface area contributed by atoms with Gasteiger partial charge in [-0.2, -0.15) is 0 Å². The Morgan fingerprint density at radius 2 is 1.85 bits per heavy atom. The molecule has 0 spiro atoms. The van der Waals surface area contributed by atoms with Crippen LogP contribution in [0, 0.1) is 11.6 Å². The maximum atomic E-state index is 13.3. The van der Waals surface area contributed by atoms with Gasteiger partial charge in [0.25, 0.3) is 5.91 Å². The van der Waals surface area contributed by atoms with Crippen LogP contribution in [0.15, 0.2) is 18.2 Å². The number of piperidine rings is 1. The average molecular weight is 281 g/mol. The van der Waals surface area contributed by atoms with Crippen molar-refractivity contribution in [2.45, 2.75) is 43.9 Å². The van der Waals surface area contributed by atoms with E-state index in [1.54, 1.807) is 7.11 Å². The van der Waals surface area contributed by atoms with E-state index in [9.17, 15) is 13.6 Å². The molecule has 2 saturated heterocycles. The monoisotopic (exact) mass is 281 g/mol. The van der Waals surface area contributed by atoms with Gasteiger partial charge in [-0.25, -0.2) is 8.78 Å². The van der Waals surface area contributed by atoms with Crippen molar-refractivity contribution in [3.63, 3.8) is 0 Å². The molecule has 0 radical (unpaired) electrons. The topological polar surface area (TPSA) is 29.5 Å². The summed E-state index contributed by atoms with van der Waals surface area (Å²) in [5.41, 5.74) is 0.219. The van der Waals surface area contributed by atoms with Gasteiger partial charge < -0.3 is 9.64 Å². The average Bonchev–Trinajstić information content (AvgIpc) is 2.71. The van der Waals surface area contributed by atoms with Gasteiger partial charge in [0.1, 0.15) is 0 Å². The molecule has 1 aromatic rings. The van der Waals surface area contributed by atoms with E-state index in [4.69, 9.17) is 4.74 Å². The smallest absolute Gasteiger partial charge is 0.254 e. The van der Waals surface area contributed by atoms with Gasteiger partial charge in [0.15, 0.2) is 11.6 Å². The minimum atomic E-state index is -0.977. The molecule has 2 aliphatic rings. The van der Waals surface area contributed by atoms with Gasteiger partial charge in [0.2, 0.25) is 0 Å². The molecule has 2 fully saturated rings. The Morgan fingerprint density at radius 3 is 2.40 bits per heavy atom. The normalized spacial score (nSPS) is 28.8. The quantitative estimate of drug-likeness (QED) is 0.834. The fourth-order valence-electron chi connectivity index (χ4n) is 3.43. The minimum absolute atomic E-state index is 0.152. The van der Waals surface area contributed by atoms with Gasteiger partial charge >= 0.3 is 0 Å².